The van der Waals surface area contributed by atoms with Crippen LogP contribution in [0.25, 0.3) is 58.7 Å². The van der Waals surface area contributed by atoms with Crippen LogP contribution in [0.15, 0.2) is 168 Å². The summed E-state index contributed by atoms with van der Waals surface area (Å²) < 4.78 is 10.9. The van der Waals surface area contributed by atoms with E-state index in [4.69, 9.17) is 4.42 Å². The highest BCUT2D eigenvalue weighted by Crippen LogP contribution is 2.51. The van der Waals surface area contributed by atoms with Gasteiger partial charge in [-0.05, 0) is 88.7 Å². The maximum Gasteiger partial charge on any atom is 0.214 e. The van der Waals surface area contributed by atoms with Gasteiger partial charge < -0.3 is 14.2 Å². The van der Waals surface area contributed by atoms with Crippen LogP contribution in [0, 0.1) is 0 Å². The Morgan fingerprint density at radius 2 is 0.966 bits per heavy atom. The van der Waals surface area contributed by atoms with Crippen LogP contribution in [0.5, 0.6) is 0 Å². The van der Waals surface area contributed by atoms with Gasteiger partial charge in [0.2, 0.25) is 5.71 Å². The van der Waals surface area contributed by atoms with E-state index in [9.17, 15) is 0 Å². The molecule has 0 radical (unpaired) electrons. The Morgan fingerprint density at radius 3 is 1.58 bits per heavy atom. The quantitative estimate of drug-likeness (QED) is 0.168. The molecule has 0 N–H and O–H groups in total. The van der Waals surface area contributed by atoms with Crippen molar-refractivity contribution in [1.29, 1.82) is 0 Å². The van der Waals surface area contributed by atoms with Crippen LogP contribution in [-0.2, 0) is 10.8 Å². The fourth-order valence-electron chi connectivity index (χ4n) is 9.05. The molecule has 0 spiro atoms. The standard InChI is InChI=1S/C54H45N3OS/c1-53(2,3)34-23-27-38(28-24-34)55(36-15-9-7-10-16-36)40-31-32-41-46(33-40)59-52-48(41)43-20-13-19-42-47-44-21-14-22-45(50(44)58-51(47)57(52)49(42)43)56(37-17-11-8-12-18-37)39-29-25-35(26-30-39)54(4,5)6/h7-33H,1-6H3. The van der Waals surface area contributed by atoms with Crippen LogP contribution in [0.2, 0.25) is 0 Å². The second-order valence-electron chi connectivity index (χ2n) is 17.9. The van der Waals surface area contributed by atoms with Crippen LogP contribution in [0.1, 0.15) is 52.7 Å². The molecular weight excluding hydrogens is 739 g/mol. The molecule has 0 saturated carbocycles. The smallest absolute Gasteiger partial charge is 0.214 e. The predicted molar refractivity (Wildman–Crippen MR) is 253 cm³/mol. The van der Waals surface area contributed by atoms with Crippen LogP contribution >= 0.6 is 11.3 Å². The molecule has 59 heavy (non-hydrogen) atoms. The molecule has 0 amide bonds. The molecule has 11 rings (SSSR count). The van der Waals surface area contributed by atoms with Crippen molar-refractivity contribution in [1.82, 2.24) is 4.40 Å². The lowest BCUT2D eigenvalue weighted by atomic mass is 9.87. The third-order valence-electron chi connectivity index (χ3n) is 12.0. The van der Waals surface area contributed by atoms with Crippen LogP contribution in [0.3, 0.4) is 0 Å². The Hall–Kier alpha value is -6.56. The molecule has 0 aliphatic heterocycles. The van der Waals surface area contributed by atoms with Crippen molar-refractivity contribution in [2.24, 2.45) is 0 Å². The van der Waals surface area contributed by atoms with Gasteiger partial charge in [-0.1, -0.05) is 139 Å². The second-order valence-corrected chi connectivity index (χ2v) is 18.9. The molecule has 4 heterocycles. The van der Waals surface area contributed by atoms with Crippen molar-refractivity contribution in [3.63, 3.8) is 0 Å². The summed E-state index contributed by atoms with van der Waals surface area (Å²) in [4.78, 5) is 5.90. The fourth-order valence-corrected chi connectivity index (χ4v) is 10.3. The number of benzene rings is 7. The SMILES string of the molecule is CC(C)(C)c1ccc(N(c2ccccc2)c2ccc3c(c2)sc2c3c3cccc4c5c6cccc(N(c7ccccc7)c7ccc(C(C)(C)C)cc7)c6oc5n2c43)cc1. The summed E-state index contributed by atoms with van der Waals surface area (Å²) in [5.74, 6) is 0. The summed E-state index contributed by atoms with van der Waals surface area (Å²) in [6.07, 6.45) is 0. The number of nitrogens with zero attached hydrogens (tertiary/aromatic N) is 3. The van der Waals surface area contributed by atoms with Gasteiger partial charge in [0.1, 0.15) is 4.83 Å². The van der Waals surface area contributed by atoms with Crippen LogP contribution in [0.4, 0.5) is 34.1 Å². The van der Waals surface area contributed by atoms with Gasteiger partial charge in [0, 0.05) is 60.1 Å². The number of thiophene rings is 1. The monoisotopic (exact) mass is 783 g/mol. The second kappa shape index (κ2) is 13.0. The van der Waals surface area contributed by atoms with E-state index in [1.807, 2.05) is 11.3 Å². The lowest BCUT2D eigenvalue weighted by Crippen LogP contribution is -2.13. The van der Waals surface area contributed by atoms with E-state index in [0.29, 0.717) is 0 Å². The summed E-state index contributed by atoms with van der Waals surface area (Å²) in [6.45, 7) is 13.6. The molecule has 5 heteroatoms. The van der Waals surface area contributed by atoms with Gasteiger partial charge in [-0.2, -0.15) is 0 Å². The third-order valence-corrected chi connectivity index (χ3v) is 13.2. The average Bonchev–Trinajstić information content (AvgIpc) is 3.98. The maximum atomic E-state index is 7.21. The highest BCUT2D eigenvalue weighted by atomic mass is 32.1. The highest BCUT2D eigenvalue weighted by Gasteiger charge is 2.28. The summed E-state index contributed by atoms with van der Waals surface area (Å²) in [7, 11) is 0. The zero-order valence-electron chi connectivity index (χ0n) is 34.2. The number of anilines is 6. The first-order chi connectivity index (χ1) is 28.5. The molecule has 0 atom stereocenters. The summed E-state index contributed by atoms with van der Waals surface area (Å²) in [5.41, 5.74) is 12.4. The van der Waals surface area contributed by atoms with Crippen molar-refractivity contribution < 1.29 is 4.42 Å². The van der Waals surface area contributed by atoms with E-state index in [1.54, 1.807) is 0 Å². The molecule has 4 nitrogen and oxygen atoms in total. The lowest BCUT2D eigenvalue weighted by molar-refractivity contribution is 0.590. The Balaban J connectivity index is 1.11. The molecule has 0 saturated heterocycles. The molecule has 4 aromatic heterocycles. The minimum atomic E-state index is 0.0621. The van der Waals surface area contributed by atoms with E-state index in [0.717, 1.165) is 56.2 Å². The Kier molecular flexibility index (Phi) is 7.83. The normalized spacial score (nSPS) is 12.6. The third kappa shape index (κ3) is 5.56. The number of para-hydroxylation sites is 4. The molecular formula is C54H45N3OS. The minimum Gasteiger partial charge on any atom is -0.437 e. The molecule has 7 aromatic carbocycles. The topological polar surface area (TPSA) is 24.0 Å². The fraction of sp³-hybridized carbons (Fsp3) is 0.148. The van der Waals surface area contributed by atoms with E-state index in [1.165, 1.54) is 47.7 Å². The number of furan rings is 1. The molecule has 0 unspecified atom stereocenters. The number of aromatic nitrogens is 1. The Bertz CT molecular complexity index is 3320. The summed E-state index contributed by atoms with van der Waals surface area (Å²) in [6, 6.07) is 59.7. The summed E-state index contributed by atoms with van der Waals surface area (Å²) in [5, 5.41) is 7.30. The number of rotatable bonds is 6. The highest BCUT2D eigenvalue weighted by molar-refractivity contribution is 7.25. The van der Waals surface area contributed by atoms with Gasteiger partial charge >= 0.3 is 0 Å². The number of hydrogen-bond donors (Lipinski definition) is 0. The van der Waals surface area contributed by atoms with Crippen LogP contribution in [-0.4, -0.2) is 4.40 Å². The number of hydrogen-bond acceptors (Lipinski definition) is 4. The van der Waals surface area contributed by atoms with Gasteiger partial charge in [-0.25, -0.2) is 0 Å². The zero-order chi connectivity index (χ0) is 40.2. The molecule has 0 aliphatic carbocycles. The summed E-state index contributed by atoms with van der Waals surface area (Å²) >= 11 is 1.85. The largest absolute Gasteiger partial charge is 0.437 e. The van der Waals surface area contributed by atoms with Gasteiger partial charge in [0.05, 0.1) is 16.6 Å². The van der Waals surface area contributed by atoms with Crippen molar-refractivity contribution in [2.45, 2.75) is 52.4 Å². The van der Waals surface area contributed by atoms with E-state index < -0.39 is 0 Å². The van der Waals surface area contributed by atoms with Gasteiger partial charge in [-0.15, -0.1) is 11.3 Å². The van der Waals surface area contributed by atoms with Gasteiger partial charge in [0.25, 0.3) is 0 Å². The molecule has 0 fully saturated rings. The predicted octanol–water partition coefficient (Wildman–Crippen LogP) is 16.3. The lowest BCUT2D eigenvalue weighted by Gasteiger charge is -2.27. The van der Waals surface area contributed by atoms with Crippen molar-refractivity contribution >= 4 is 104 Å². The van der Waals surface area contributed by atoms with E-state index >= 15 is 0 Å². The van der Waals surface area contributed by atoms with Crippen molar-refractivity contribution in [2.75, 3.05) is 9.80 Å². The Labute approximate surface area is 348 Å². The van der Waals surface area contributed by atoms with Gasteiger partial charge in [-0.3, -0.25) is 4.40 Å². The van der Waals surface area contributed by atoms with Crippen molar-refractivity contribution in [3.8, 4) is 0 Å². The maximum absolute atomic E-state index is 7.21. The molecule has 11 aromatic rings. The van der Waals surface area contributed by atoms with Crippen LogP contribution < -0.4 is 9.80 Å². The average molecular weight is 784 g/mol. The van der Waals surface area contributed by atoms with E-state index in [2.05, 4.69) is 220 Å². The first kappa shape index (κ1) is 35.6. The van der Waals surface area contributed by atoms with Crippen molar-refractivity contribution in [3.05, 3.63) is 175 Å². The first-order valence-corrected chi connectivity index (χ1v) is 21.3. The molecule has 0 aliphatic rings. The van der Waals surface area contributed by atoms with E-state index in [-0.39, 0.29) is 10.8 Å². The zero-order valence-corrected chi connectivity index (χ0v) is 35.1. The van der Waals surface area contributed by atoms with Gasteiger partial charge in [0.15, 0.2) is 5.58 Å². The molecule has 0 bridgehead atoms. The minimum absolute atomic E-state index is 0.0621. The first-order valence-electron chi connectivity index (χ1n) is 20.5. The molecule has 288 valence electrons. The Morgan fingerprint density at radius 1 is 0.458 bits per heavy atom. The number of fused-ring (bicyclic) bond motifs is 10.